The third-order valence-corrected chi connectivity index (χ3v) is 6.60. The summed E-state index contributed by atoms with van der Waals surface area (Å²) >= 11 is 0.680. The van der Waals surface area contributed by atoms with Crippen LogP contribution in [-0.4, -0.2) is 66.5 Å². The Morgan fingerprint density at radius 3 is 2.67 bits per heavy atom. The largest absolute Gasteiger partial charge is 0.454 e. The lowest BCUT2D eigenvalue weighted by molar-refractivity contribution is -0.384. The molecule has 186 valence electrons. The summed E-state index contributed by atoms with van der Waals surface area (Å²) in [5, 5.41) is 13.4. The molecule has 0 aliphatic carbocycles. The average molecular weight is 513 g/mol. The Balaban J connectivity index is 1.34. The molecule has 3 aliphatic heterocycles. The fourth-order valence-electron chi connectivity index (χ4n) is 3.96. The standard InChI is InChI=1S/C23H20N4O8S/c28-21(24-15-1-4-18-19(11-15)35-13-34-18)12-26-22(29)20(36-23(26)30)10-14-9-16(27(31)32)2-3-17(14)25-5-7-33-8-6-25/h1-4,9-11H,5-8,12-13H2,(H,24,28)/b20-10-. The zero-order valence-corrected chi connectivity index (χ0v) is 19.6. The first-order valence-corrected chi connectivity index (χ1v) is 11.8. The molecule has 2 aromatic rings. The molecule has 0 spiro atoms. The number of imide groups is 1. The molecule has 12 nitrogen and oxygen atoms in total. The number of rotatable bonds is 6. The lowest BCUT2D eigenvalue weighted by Crippen LogP contribution is -2.36. The van der Waals surface area contributed by atoms with Crippen LogP contribution in [-0.2, 0) is 14.3 Å². The van der Waals surface area contributed by atoms with Crippen molar-refractivity contribution in [1.82, 2.24) is 4.90 Å². The van der Waals surface area contributed by atoms with E-state index < -0.39 is 28.5 Å². The molecule has 3 amide bonds. The zero-order chi connectivity index (χ0) is 25.2. The summed E-state index contributed by atoms with van der Waals surface area (Å²) in [6.45, 7) is 1.78. The molecular formula is C23H20N4O8S. The molecular weight excluding hydrogens is 492 g/mol. The summed E-state index contributed by atoms with van der Waals surface area (Å²) in [7, 11) is 0. The van der Waals surface area contributed by atoms with Gasteiger partial charge in [-0.1, -0.05) is 0 Å². The Hall–Kier alpha value is -4.10. The van der Waals surface area contributed by atoms with Gasteiger partial charge in [-0.05, 0) is 36.0 Å². The molecule has 2 fully saturated rings. The number of carbonyl (C=O) groups is 3. The van der Waals surface area contributed by atoms with Crippen molar-refractivity contribution >= 4 is 52.0 Å². The normalized spacial score (nSPS) is 18.2. The van der Waals surface area contributed by atoms with Crippen molar-refractivity contribution in [3.8, 4) is 11.5 Å². The maximum atomic E-state index is 13.0. The van der Waals surface area contributed by atoms with Gasteiger partial charge in [-0.2, -0.15) is 0 Å². The highest BCUT2D eigenvalue weighted by molar-refractivity contribution is 8.18. The molecule has 13 heteroatoms. The van der Waals surface area contributed by atoms with Crippen LogP contribution in [0.25, 0.3) is 6.08 Å². The van der Waals surface area contributed by atoms with Gasteiger partial charge in [0.05, 0.1) is 23.0 Å². The number of morpholine rings is 1. The van der Waals surface area contributed by atoms with Crippen molar-refractivity contribution in [2.45, 2.75) is 0 Å². The van der Waals surface area contributed by atoms with Crippen LogP contribution in [0, 0.1) is 10.1 Å². The van der Waals surface area contributed by atoms with E-state index in [1.54, 1.807) is 24.3 Å². The van der Waals surface area contributed by atoms with Crippen molar-refractivity contribution < 1.29 is 33.5 Å². The Labute approximate surface area is 208 Å². The minimum atomic E-state index is -0.648. The summed E-state index contributed by atoms with van der Waals surface area (Å²) < 4.78 is 15.9. The number of nitrogens with zero attached hydrogens (tertiary/aromatic N) is 3. The molecule has 0 saturated carbocycles. The summed E-state index contributed by atoms with van der Waals surface area (Å²) in [6, 6.07) is 9.24. The maximum absolute atomic E-state index is 13.0. The molecule has 0 aromatic heterocycles. The van der Waals surface area contributed by atoms with Crippen LogP contribution in [0.3, 0.4) is 0 Å². The summed E-state index contributed by atoms with van der Waals surface area (Å²) in [5.41, 5.74) is 1.41. The number of carbonyl (C=O) groups excluding carboxylic acids is 3. The first kappa shape index (κ1) is 23.6. The van der Waals surface area contributed by atoms with Crippen LogP contribution in [0.2, 0.25) is 0 Å². The van der Waals surface area contributed by atoms with Gasteiger partial charge in [0, 0.05) is 48.2 Å². The minimum Gasteiger partial charge on any atom is -0.454 e. The summed E-state index contributed by atoms with van der Waals surface area (Å²) in [5.74, 6) is -0.177. The number of ether oxygens (including phenoxy) is 3. The first-order valence-electron chi connectivity index (χ1n) is 10.9. The van der Waals surface area contributed by atoms with Gasteiger partial charge in [0.15, 0.2) is 11.5 Å². The van der Waals surface area contributed by atoms with Gasteiger partial charge < -0.3 is 24.4 Å². The SMILES string of the molecule is O=C(CN1C(=O)S/C(=C\c2cc([N+](=O)[O-])ccc2N2CCOCC2)C1=O)Nc1ccc2c(c1)OCO2. The van der Waals surface area contributed by atoms with Gasteiger partial charge in [-0.25, -0.2) is 0 Å². The number of non-ortho nitro benzene ring substituents is 1. The van der Waals surface area contributed by atoms with Crippen LogP contribution in [0.1, 0.15) is 5.56 Å². The molecule has 3 aliphatic rings. The van der Waals surface area contributed by atoms with Crippen molar-refractivity contribution in [3.63, 3.8) is 0 Å². The lowest BCUT2D eigenvalue weighted by Gasteiger charge is -2.30. The third-order valence-electron chi connectivity index (χ3n) is 5.69. The van der Waals surface area contributed by atoms with Crippen molar-refractivity contribution in [2.75, 3.05) is 49.9 Å². The Bertz CT molecular complexity index is 1290. The van der Waals surface area contributed by atoms with Gasteiger partial charge in [0.25, 0.3) is 16.8 Å². The molecule has 0 atom stereocenters. The molecule has 2 saturated heterocycles. The molecule has 0 unspecified atom stereocenters. The highest BCUT2D eigenvalue weighted by Crippen LogP contribution is 2.36. The molecule has 3 heterocycles. The number of hydrogen-bond donors (Lipinski definition) is 1. The summed E-state index contributed by atoms with van der Waals surface area (Å²) in [6.07, 6.45) is 1.46. The highest BCUT2D eigenvalue weighted by atomic mass is 32.2. The number of thioether (sulfide) groups is 1. The van der Waals surface area contributed by atoms with Gasteiger partial charge in [-0.3, -0.25) is 29.4 Å². The average Bonchev–Trinajstić information content (AvgIpc) is 3.44. The van der Waals surface area contributed by atoms with E-state index >= 15 is 0 Å². The predicted octanol–water partition coefficient (Wildman–Crippen LogP) is 2.84. The fourth-order valence-corrected chi connectivity index (χ4v) is 4.79. The van der Waals surface area contributed by atoms with Gasteiger partial charge in [0.1, 0.15) is 6.54 Å². The van der Waals surface area contributed by atoms with Crippen LogP contribution < -0.4 is 19.7 Å². The van der Waals surface area contributed by atoms with Gasteiger partial charge in [0.2, 0.25) is 12.7 Å². The van der Waals surface area contributed by atoms with Crippen LogP contribution in [0.5, 0.6) is 11.5 Å². The van der Waals surface area contributed by atoms with E-state index in [1.807, 2.05) is 4.90 Å². The smallest absolute Gasteiger partial charge is 0.294 e. The Morgan fingerprint density at radius 1 is 1.11 bits per heavy atom. The van der Waals surface area contributed by atoms with Gasteiger partial charge in [-0.15, -0.1) is 0 Å². The summed E-state index contributed by atoms with van der Waals surface area (Å²) in [4.78, 5) is 51.8. The van der Waals surface area contributed by atoms with E-state index in [0.29, 0.717) is 66.5 Å². The van der Waals surface area contributed by atoms with E-state index in [4.69, 9.17) is 14.2 Å². The van der Waals surface area contributed by atoms with E-state index in [9.17, 15) is 24.5 Å². The monoisotopic (exact) mass is 512 g/mol. The first-order chi connectivity index (χ1) is 17.4. The van der Waals surface area contributed by atoms with Crippen molar-refractivity contribution in [2.24, 2.45) is 0 Å². The Morgan fingerprint density at radius 2 is 1.89 bits per heavy atom. The number of anilines is 2. The molecule has 0 radical (unpaired) electrons. The van der Waals surface area contributed by atoms with E-state index in [1.165, 1.54) is 18.2 Å². The minimum absolute atomic E-state index is 0.0749. The van der Waals surface area contributed by atoms with E-state index in [2.05, 4.69) is 5.32 Å². The second-order valence-corrected chi connectivity index (χ2v) is 8.98. The van der Waals surface area contributed by atoms with Crippen LogP contribution >= 0.6 is 11.8 Å². The quantitative estimate of drug-likeness (QED) is 0.349. The predicted molar refractivity (Wildman–Crippen MR) is 130 cm³/mol. The van der Waals surface area contributed by atoms with Crippen LogP contribution in [0.4, 0.5) is 21.9 Å². The fraction of sp³-hybridized carbons (Fsp3) is 0.261. The topological polar surface area (TPSA) is 141 Å². The molecule has 36 heavy (non-hydrogen) atoms. The van der Waals surface area contributed by atoms with Crippen LogP contribution in [0.15, 0.2) is 41.3 Å². The number of nitro benzene ring substituents is 1. The highest BCUT2D eigenvalue weighted by Gasteiger charge is 2.36. The second-order valence-electron chi connectivity index (χ2n) is 7.98. The van der Waals surface area contributed by atoms with E-state index in [0.717, 1.165) is 4.90 Å². The number of benzene rings is 2. The molecule has 5 rings (SSSR count). The number of nitrogens with one attached hydrogen (secondary N) is 1. The number of hydrogen-bond acceptors (Lipinski definition) is 10. The van der Waals surface area contributed by atoms with Crippen molar-refractivity contribution in [3.05, 3.63) is 57.0 Å². The van der Waals surface area contributed by atoms with E-state index in [-0.39, 0.29) is 17.4 Å². The van der Waals surface area contributed by atoms with Crippen molar-refractivity contribution in [1.29, 1.82) is 0 Å². The molecule has 1 N–H and O–H groups in total. The zero-order valence-electron chi connectivity index (χ0n) is 18.8. The molecule has 2 aromatic carbocycles. The molecule has 0 bridgehead atoms. The lowest BCUT2D eigenvalue weighted by atomic mass is 10.1. The maximum Gasteiger partial charge on any atom is 0.294 e. The number of amides is 3. The number of nitro groups is 1. The van der Waals surface area contributed by atoms with Gasteiger partial charge >= 0.3 is 0 Å². The third kappa shape index (κ3) is 4.83. The Kier molecular flexibility index (Phi) is 6.48. The number of fused-ring (bicyclic) bond motifs is 1. The second kappa shape index (κ2) is 9.87.